The van der Waals surface area contributed by atoms with Crippen LogP contribution in [0.3, 0.4) is 0 Å². The van der Waals surface area contributed by atoms with Gasteiger partial charge in [-0.15, -0.1) is 0 Å². The lowest BCUT2D eigenvalue weighted by molar-refractivity contribution is 0.436. The summed E-state index contributed by atoms with van der Waals surface area (Å²) in [5.41, 5.74) is 17.4. The van der Waals surface area contributed by atoms with E-state index in [9.17, 15) is 0 Å². The summed E-state index contributed by atoms with van der Waals surface area (Å²) >= 11 is 0. The molecular weight excluding hydrogens is 769 g/mol. The smallest absolute Gasteiger partial charge is 0.161 e. The quantitative estimate of drug-likeness (QED) is 0.174. The van der Waals surface area contributed by atoms with E-state index >= 15 is 0 Å². The second-order valence-electron chi connectivity index (χ2n) is 16.4. The summed E-state index contributed by atoms with van der Waals surface area (Å²) in [5, 5.41) is 2.23. The molecule has 0 atom stereocenters. The van der Waals surface area contributed by atoms with E-state index in [4.69, 9.17) is 19.1 Å². The molecule has 63 heavy (non-hydrogen) atoms. The molecule has 1 aliphatic carbocycles. The largest absolute Gasteiger partial charge is 0.457 e. The van der Waals surface area contributed by atoms with E-state index in [0.29, 0.717) is 5.82 Å². The van der Waals surface area contributed by atoms with E-state index in [1.54, 1.807) is 0 Å². The van der Waals surface area contributed by atoms with Crippen molar-refractivity contribution in [3.05, 3.63) is 241 Å². The summed E-state index contributed by atoms with van der Waals surface area (Å²) in [6.45, 7) is 0. The van der Waals surface area contributed by atoms with Gasteiger partial charge in [0.1, 0.15) is 22.7 Å². The maximum atomic E-state index is 6.90. The van der Waals surface area contributed by atoms with E-state index in [-0.39, 0.29) is 0 Å². The van der Waals surface area contributed by atoms with Crippen LogP contribution in [0.25, 0.3) is 89.2 Å². The molecular formula is C59H36N2O2. The molecule has 0 N–H and O–H groups in total. The van der Waals surface area contributed by atoms with E-state index < -0.39 is 5.41 Å². The molecule has 13 rings (SSSR count). The lowest BCUT2D eigenvalue weighted by Gasteiger charge is -2.39. The van der Waals surface area contributed by atoms with Gasteiger partial charge in [-0.1, -0.05) is 194 Å². The topological polar surface area (TPSA) is 48.2 Å². The van der Waals surface area contributed by atoms with Gasteiger partial charge >= 0.3 is 0 Å². The zero-order valence-electron chi connectivity index (χ0n) is 34.0. The Morgan fingerprint density at radius 2 is 0.873 bits per heavy atom. The van der Waals surface area contributed by atoms with Crippen LogP contribution in [0.1, 0.15) is 22.3 Å². The van der Waals surface area contributed by atoms with Gasteiger partial charge in [-0.05, 0) is 63.2 Å². The predicted octanol–water partition coefficient (Wildman–Crippen LogP) is 15.2. The van der Waals surface area contributed by atoms with E-state index in [1.807, 2.05) is 18.2 Å². The Bertz CT molecular complexity index is 3560. The molecule has 11 aromatic rings. The molecule has 2 aliphatic rings. The van der Waals surface area contributed by atoms with Crippen molar-refractivity contribution in [3.63, 3.8) is 0 Å². The first-order valence-electron chi connectivity index (χ1n) is 21.4. The van der Waals surface area contributed by atoms with Crippen LogP contribution in [-0.2, 0) is 5.41 Å². The Morgan fingerprint density at radius 1 is 0.333 bits per heavy atom. The molecule has 1 aliphatic heterocycles. The third kappa shape index (κ3) is 5.35. The van der Waals surface area contributed by atoms with E-state index in [1.165, 1.54) is 22.3 Å². The normalized spacial score (nSPS) is 13.0. The molecule has 0 fully saturated rings. The number of hydrogen-bond acceptors (Lipinski definition) is 4. The van der Waals surface area contributed by atoms with Crippen LogP contribution in [0.15, 0.2) is 223 Å². The van der Waals surface area contributed by atoms with Gasteiger partial charge < -0.3 is 9.15 Å². The van der Waals surface area contributed by atoms with Gasteiger partial charge in [0, 0.05) is 44.2 Å². The van der Waals surface area contributed by atoms with Crippen molar-refractivity contribution in [2.45, 2.75) is 5.41 Å². The number of furan rings is 1. The fourth-order valence-corrected chi connectivity index (χ4v) is 10.2. The third-order valence-corrected chi connectivity index (χ3v) is 13.0. The Kier molecular flexibility index (Phi) is 7.79. The first-order valence-corrected chi connectivity index (χ1v) is 21.4. The zero-order chi connectivity index (χ0) is 41.5. The van der Waals surface area contributed by atoms with Gasteiger partial charge in [-0.3, -0.25) is 0 Å². The standard InChI is InChI=1S/C59H36N2O2/c1-2-15-38(16-3-1)52-36-53(39-31-29-37(30-32-39)42-22-14-23-46-45-20-8-12-27-54(45)63-57(42)46)61-58(60-52)47-21-5-4-17-41(47)40-33-34-51-56(35-40)62-55-28-13-11-26-50(55)59(51)48-24-9-6-18-43(48)44-19-7-10-25-49(44)59/h1-36H. The summed E-state index contributed by atoms with van der Waals surface area (Å²) in [7, 11) is 0. The SMILES string of the molecule is c1ccc(-c2cc(-c3ccc(-c4cccc5c4oc4ccccc45)cc3)nc(-c3ccccc3-c3ccc4c(c3)Oc3ccccc3C43c4ccccc4-c4ccccc43)n2)cc1. The van der Waals surface area contributed by atoms with E-state index in [0.717, 1.165) is 94.9 Å². The first kappa shape index (κ1) is 35.4. The summed E-state index contributed by atoms with van der Waals surface area (Å²) in [6, 6.07) is 77.0. The molecule has 0 saturated heterocycles. The highest BCUT2D eigenvalue weighted by molar-refractivity contribution is 6.09. The molecule has 0 amide bonds. The molecule has 4 heteroatoms. The van der Waals surface area contributed by atoms with Crippen LogP contribution < -0.4 is 4.74 Å². The number of benzene rings is 9. The Labute approximate surface area is 364 Å². The number of fused-ring (bicyclic) bond motifs is 12. The average molecular weight is 805 g/mol. The number of hydrogen-bond donors (Lipinski definition) is 0. The first-order chi connectivity index (χ1) is 31.2. The molecule has 1 spiro atoms. The maximum absolute atomic E-state index is 6.90. The summed E-state index contributed by atoms with van der Waals surface area (Å²) < 4.78 is 13.3. The second-order valence-corrected chi connectivity index (χ2v) is 16.4. The Balaban J connectivity index is 0.943. The van der Waals surface area contributed by atoms with Gasteiger partial charge in [0.05, 0.1) is 16.8 Å². The molecule has 3 heterocycles. The van der Waals surface area contributed by atoms with Gasteiger partial charge in [-0.25, -0.2) is 9.97 Å². The van der Waals surface area contributed by atoms with Gasteiger partial charge in [0.15, 0.2) is 5.82 Å². The zero-order valence-corrected chi connectivity index (χ0v) is 34.0. The fourth-order valence-electron chi connectivity index (χ4n) is 10.2. The number of nitrogens with zero attached hydrogens (tertiary/aromatic N) is 2. The number of para-hydroxylation sites is 3. The van der Waals surface area contributed by atoms with Crippen LogP contribution in [0, 0.1) is 0 Å². The predicted molar refractivity (Wildman–Crippen MR) is 254 cm³/mol. The van der Waals surface area contributed by atoms with Crippen molar-refractivity contribution in [2.24, 2.45) is 0 Å². The molecule has 0 unspecified atom stereocenters. The second kappa shape index (κ2) is 13.8. The highest BCUT2D eigenvalue weighted by atomic mass is 16.5. The molecule has 0 bridgehead atoms. The molecule has 294 valence electrons. The molecule has 0 radical (unpaired) electrons. The summed E-state index contributed by atoms with van der Waals surface area (Å²) in [6.07, 6.45) is 0. The fraction of sp³-hybridized carbons (Fsp3) is 0.0169. The highest BCUT2D eigenvalue weighted by Gasteiger charge is 2.50. The highest BCUT2D eigenvalue weighted by Crippen LogP contribution is 2.62. The minimum atomic E-state index is -0.522. The maximum Gasteiger partial charge on any atom is 0.161 e. The lowest BCUT2D eigenvalue weighted by atomic mass is 9.66. The van der Waals surface area contributed by atoms with Crippen LogP contribution in [0.5, 0.6) is 11.5 Å². The summed E-state index contributed by atoms with van der Waals surface area (Å²) in [4.78, 5) is 10.6. The number of aromatic nitrogens is 2. The molecule has 2 aromatic heterocycles. The Hall–Kier alpha value is -8.34. The minimum absolute atomic E-state index is 0.522. The number of ether oxygens (including phenoxy) is 1. The van der Waals surface area contributed by atoms with Crippen molar-refractivity contribution in [1.82, 2.24) is 9.97 Å². The number of rotatable bonds is 5. The van der Waals surface area contributed by atoms with Crippen LogP contribution >= 0.6 is 0 Å². The molecule has 0 saturated carbocycles. The van der Waals surface area contributed by atoms with Gasteiger partial charge in [0.25, 0.3) is 0 Å². The van der Waals surface area contributed by atoms with Crippen molar-refractivity contribution in [1.29, 1.82) is 0 Å². The van der Waals surface area contributed by atoms with Crippen LogP contribution in [-0.4, -0.2) is 9.97 Å². The van der Waals surface area contributed by atoms with Crippen LogP contribution in [0.4, 0.5) is 0 Å². The summed E-state index contributed by atoms with van der Waals surface area (Å²) in [5.74, 6) is 2.36. The van der Waals surface area contributed by atoms with Gasteiger partial charge in [-0.2, -0.15) is 0 Å². The van der Waals surface area contributed by atoms with Crippen molar-refractivity contribution in [3.8, 4) is 78.8 Å². The molecule has 4 nitrogen and oxygen atoms in total. The van der Waals surface area contributed by atoms with Crippen LogP contribution in [0.2, 0.25) is 0 Å². The van der Waals surface area contributed by atoms with Crippen molar-refractivity contribution < 1.29 is 9.15 Å². The van der Waals surface area contributed by atoms with Crippen molar-refractivity contribution >= 4 is 21.9 Å². The van der Waals surface area contributed by atoms with E-state index in [2.05, 4.69) is 200 Å². The Morgan fingerprint density at radius 3 is 1.63 bits per heavy atom. The van der Waals surface area contributed by atoms with Gasteiger partial charge in [0.2, 0.25) is 0 Å². The monoisotopic (exact) mass is 804 g/mol. The average Bonchev–Trinajstić information content (AvgIpc) is 3.88. The molecule has 9 aromatic carbocycles. The van der Waals surface area contributed by atoms with Crippen molar-refractivity contribution in [2.75, 3.05) is 0 Å². The minimum Gasteiger partial charge on any atom is -0.457 e. The third-order valence-electron chi connectivity index (χ3n) is 13.0. The lowest BCUT2D eigenvalue weighted by Crippen LogP contribution is -2.32.